The molecule has 0 aliphatic carbocycles. The van der Waals surface area contributed by atoms with Gasteiger partial charge >= 0.3 is 11.9 Å². The SMILES string of the molecule is CCOC(=O)c1sc(NC(=O)CSc2nnc(CNC(=O)Cc3ccc(OC)cc3)n2CCc2ccccc2)c(C(=O)OCC)c1C. The second kappa shape index (κ2) is 17.3. The zero-order valence-corrected chi connectivity index (χ0v) is 28.3. The third-order valence-corrected chi connectivity index (χ3v) is 9.05. The Hall–Kier alpha value is -4.69. The summed E-state index contributed by atoms with van der Waals surface area (Å²) in [4.78, 5) is 51.3. The monoisotopic (exact) mass is 679 g/mol. The maximum Gasteiger partial charge on any atom is 0.348 e. The number of nitrogens with zero attached hydrogens (tertiary/aromatic N) is 3. The summed E-state index contributed by atoms with van der Waals surface area (Å²) < 4.78 is 17.4. The van der Waals surface area contributed by atoms with Crippen molar-refractivity contribution in [1.29, 1.82) is 0 Å². The van der Waals surface area contributed by atoms with Gasteiger partial charge in [-0.15, -0.1) is 21.5 Å². The molecular formula is C33H37N5O7S2. The standard InChI is InChI=1S/C33H37N5O7S2/c1-5-44-31(41)28-21(3)29(32(42)45-6-2)47-30(28)35-27(40)20-46-33-37-36-25(38(33)17-16-22-10-8-7-9-11-22)19-34-26(39)18-23-12-14-24(43-4)15-13-23/h7-15H,5-6,16-20H2,1-4H3,(H,34,39)(H,35,40). The van der Waals surface area contributed by atoms with Gasteiger partial charge in [0.05, 0.1) is 44.6 Å². The van der Waals surface area contributed by atoms with E-state index in [0.717, 1.165) is 22.5 Å². The van der Waals surface area contributed by atoms with Gasteiger partial charge in [0.1, 0.15) is 15.6 Å². The van der Waals surface area contributed by atoms with Gasteiger partial charge < -0.3 is 29.4 Å². The first-order chi connectivity index (χ1) is 22.7. The van der Waals surface area contributed by atoms with E-state index in [1.54, 1.807) is 40.0 Å². The number of rotatable bonds is 16. The van der Waals surface area contributed by atoms with E-state index in [0.29, 0.717) is 35.3 Å². The molecule has 12 nitrogen and oxygen atoms in total. The molecule has 0 atom stereocenters. The minimum Gasteiger partial charge on any atom is -0.497 e. The molecule has 4 aromatic rings. The predicted molar refractivity (Wildman–Crippen MR) is 179 cm³/mol. The van der Waals surface area contributed by atoms with Crippen LogP contribution in [0.4, 0.5) is 5.00 Å². The molecule has 0 radical (unpaired) electrons. The van der Waals surface area contributed by atoms with E-state index in [1.165, 1.54) is 11.8 Å². The largest absolute Gasteiger partial charge is 0.497 e. The van der Waals surface area contributed by atoms with Gasteiger partial charge in [-0.3, -0.25) is 9.59 Å². The molecule has 47 heavy (non-hydrogen) atoms. The Morgan fingerprint density at radius 2 is 1.60 bits per heavy atom. The number of esters is 2. The maximum absolute atomic E-state index is 13.1. The van der Waals surface area contributed by atoms with Crippen LogP contribution in [0.3, 0.4) is 0 Å². The van der Waals surface area contributed by atoms with Crippen LogP contribution in [0.2, 0.25) is 0 Å². The Bertz CT molecular complexity index is 1690. The Labute approximate surface area is 281 Å². The van der Waals surface area contributed by atoms with E-state index in [1.807, 2.05) is 47.0 Å². The first-order valence-electron chi connectivity index (χ1n) is 15.0. The zero-order valence-electron chi connectivity index (χ0n) is 26.7. The molecule has 0 aliphatic heterocycles. The summed E-state index contributed by atoms with van der Waals surface area (Å²) in [5.74, 6) is -0.599. The Morgan fingerprint density at radius 1 is 0.894 bits per heavy atom. The topological polar surface area (TPSA) is 151 Å². The number of benzene rings is 2. The van der Waals surface area contributed by atoms with Crippen molar-refractivity contribution in [1.82, 2.24) is 20.1 Å². The normalized spacial score (nSPS) is 10.7. The zero-order chi connectivity index (χ0) is 33.8. The van der Waals surface area contributed by atoms with Gasteiger partial charge in [-0.25, -0.2) is 9.59 Å². The minimum atomic E-state index is -0.640. The van der Waals surface area contributed by atoms with Crippen molar-refractivity contribution in [2.45, 2.75) is 51.9 Å². The Balaban J connectivity index is 1.46. The first kappa shape index (κ1) is 35.2. The Kier molecular flexibility index (Phi) is 12.9. The third kappa shape index (κ3) is 9.66. The summed E-state index contributed by atoms with van der Waals surface area (Å²) >= 11 is 2.14. The molecule has 4 rings (SSSR count). The highest BCUT2D eigenvalue weighted by Crippen LogP contribution is 2.34. The van der Waals surface area contributed by atoms with Gasteiger partial charge in [-0.05, 0) is 56.0 Å². The van der Waals surface area contributed by atoms with Gasteiger partial charge in [0, 0.05) is 6.54 Å². The molecule has 2 heterocycles. The third-order valence-electron chi connectivity index (χ3n) is 6.90. The van der Waals surface area contributed by atoms with Gasteiger partial charge in [0.15, 0.2) is 11.0 Å². The average Bonchev–Trinajstić information content (AvgIpc) is 3.62. The quantitative estimate of drug-likeness (QED) is 0.124. The number of aromatic nitrogens is 3. The highest BCUT2D eigenvalue weighted by Gasteiger charge is 2.27. The molecule has 2 N–H and O–H groups in total. The number of ether oxygens (including phenoxy) is 3. The summed E-state index contributed by atoms with van der Waals surface area (Å²) in [7, 11) is 1.59. The first-order valence-corrected chi connectivity index (χ1v) is 16.8. The van der Waals surface area contributed by atoms with Crippen molar-refractivity contribution in [2.75, 3.05) is 31.4 Å². The molecule has 2 amide bonds. The second-order valence-electron chi connectivity index (χ2n) is 10.1. The van der Waals surface area contributed by atoms with E-state index >= 15 is 0 Å². The molecule has 0 unspecified atom stereocenters. The van der Waals surface area contributed by atoms with E-state index in [-0.39, 0.29) is 53.3 Å². The fraction of sp³-hybridized carbons (Fsp3) is 0.333. The number of thiophene rings is 1. The van der Waals surface area contributed by atoms with Crippen LogP contribution in [-0.4, -0.2) is 64.6 Å². The fourth-order valence-electron chi connectivity index (χ4n) is 4.57. The molecule has 0 spiro atoms. The number of anilines is 1. The minimum absolute atomic E-state index is 0.0543. The summed E-state index contributed by atoms with van der Waals surface area (Å²) in [5, 5.41) is 15.0. The van der Waals surface area contributed by atoms with E-state index < -0.39 is 17.8 Å². The fourth-order valence-corrected chi connectivity index (χ4v) is 6.46. The number of hydrogen-bond donors (Lipinski definition) is 2. The van der Waals surface area contributed by atoms with Crippen LogP contribution in [-0.2, 0) is 45.0 Å². The number of methoxy groups -OCH3 is 1. The number of thioether (sulfide) groups is 1. The number of nitrogens with one attached hydrogen (secondary N) is 2. The van der Waals surface area contributed by atoms with Crippen molar-refractivity contribution in [3.05, 3.63) is 87.6 Å². The van der Waals surface area contributed by atoms with Crippen LogP contribution in [0.5, 0.6) is 5.75 Å². The van der Waals surface area contributed by atoms with Gasteiger partial charge in [0.2, 0.25) is 11.8 Å². The van der Waals surface area contributed by atoms with Crippen molar-refractivity contribution >= 4 is 51.9 Å². The highest BCUT2D eigenvalue weighted by atomic mass is 32.2. The van der Waals surface area contributed by atoms with Crippen LogP contribution in [0.1, 0.15) is 56.4 Å². The van der Waals surface area contributed by atoms with Crippen LogP contribution in [0.25, 0.3) is 0 Å². The lowest BCUT2D eigenvalue weighted by molar-refractivity contribution is -0.120. The Morgan fingerprint density at radius 3 is 2.28 bits per heavy atom. The molecule has 0 aliphatic rings. The molecule has 14 heteroatoms. The summed E-state index contributed by atoms with van der Waals surface area (Å²) in [6, 6.07) is 17.2. The molecular weight excluding hydrogens is 643 g/mol. The van der Waals surface area contributed by atoms with Gasteiger partial charge in [-0.1, -0.05) is 54.2 Å². The van der Waals surface area contributed by atoms with Crippen molar-refractivity contribution in [3.63, 3.8) is 0 Å². The van der Waals surface area contributed by atoms with Crippen LogP contribution in [0, 0.1) is 6.92 Å². The number of carbonyl (C=O) groups excluding carboxylic acids is 4. The lowest BCUT2D eigenvalue weighted by Gasteiger charge is -2.11. The predicted octanol–water partition coefficient (Wildman–Crippen LogP) is 4.84. The lowest BCUT2D eigenvalue weighted by atomic mass is 10.1. The molecule has 0 fully saturated rings. The number of carbonyl (C=O) groups is 4. The van der Waals surface area contributed by atoms with Gasteiger partial charge in [0.25, 0.3) is 0 Å². The smallest absolute Gasteiger partial charge is 0.348 e. The molecule has 0 saturated heterocycles. The number of amides is 2. The highest BCUT2D eigenvalue weighted by molar-refractivity contribution is 7.99. The number of aryl methyl sites for hydroxylation is 1. The second-order valence-corrected chi connectivity index (χ2v) is 12.1. The summed E-state index contributed by atoms with van der Waals surface area (Å²) in [6.45, 7) is 5.95. The van der Waals surface area contributed by atoms with E-state index in [4.69, 9.17) is 14.2 Å². The molecule has 248 valence electrons. The molecule has 2 aromatic carbocycles. The average molecular weight is 680 g/mol. The van der Waals surface area contributed by atoms with Crippen molar-refractivity contribution in [2.24, 2.45) is 0 Å². The van der Waals surface area contributed by atoms with Gasteiger partial charge in [-0.2, -0.15) is 0 Å². The summed E-state index contributed by atoms with van der Waals surface area (Å²) in [5.41, 5.74) is 2.46. The van der Waals surface area contributed by atoms with Crippen molar-refractivity contribution in [3.8, 4) is 5.75 Å². The van der Waals surface area contributed by atoms with E-state index in [2.05, 4.69) is 20.8 Å². The maximum atomic E-state index is 13.1. The van der Waals surface area contributed by atoms with Crippen molar-refractivity contribution < 1.29 is 33.4 Å². The molecule has 0 saturated carbocycles. The number of hydrogen-bond acceptors (Lipinski definition) is 11. The van der Waals surface area contributed by atoms with Crippen LogP contribution < -0.4 is 15.4 Å². The van der Waals surface area contributed by atoms with E-state index in [9.17, 15) is 19.2 Å². The summed E-state index contributed by atoms with van der Waals surface area (Å²) in [6.07, 6.45) is 0.872. The van der Waals surface area contributed by atoms with Crippen LogP contribution in [0.15, 0.2) is 59.8 Å². The van der Waals surface area contributed by atoms with Crippen LogP contribution >= 0.6 is 23.1 Å². The molecule has 0 bridgehead atoms. The molecule has 2 aromatic heterocycles. The lowest BCUT2D eigenvalue weighted by Crippen LogP contribution is -2.26.